The van der Waals surface area contributed by atoms with Gasteiger partial charge in [-0.25, -0.2) is 0 Å². The van der Waals surface area contributed by atoms with E-state index in [0.717, 1.165) is 48.6 Å². The van der Waals surface area contributed by atoms with Crippen molar-refractivity contribution in [2.45, 2.75) is 49.7 Å². The monoisotopic (exact) mass is 532 g/mol. The molecule has 7 nitrogen and oxygen atoms in total. The third-order valence-corrected chi connectivity index (χ3v) is 8.43. The van der Waals surface area contributed by atoms with E-state index in [0.29, 0.717) is 19.4 Å². The molecule has 0 N–H and O–H groups in total. The van der Waals surface area contributed by atoms with Crippen LogP contribution >= 0.6 is 0 Å². The molecule has 0 radical (unpaired) electrons. The van der Waals surface area contributed by atoms with E-state index in [1.807, 2.05) is 60.5 Å². The van der Waals surface area contributed by atoms with Crippen molar-refractivity contribution in [1.82, 2.24) is 9.80 Å². The SMILES string of the molecule is C=CCN1CC[C@@]2(c3cccc(OC)c3)C[C@@H](N(C)C(=O)C=Cc3cccc(OC)c3)CC[C@]2(OC(C)=O)C1. The van der Waals surface area contributed by atoms with Crippen molar-refractivity contribution in [3.05, 3.63) is 78.4 Å². The van der Waals surface area contributed by atoms with Crippen LogP contribution in [0.25, 0.3) is 6.08 Å². The van der Waals surface area contributed by atoms with Crippen molar-refractivity contribution >= 4 is 18.0 Å². The van der Waals surface area contributed by atoms with Gasteiger partial charge in [0.25, 0.3) is 0 Å². The predicted octanol–water partition coefficient (Wildman–Crippen LogP) is 4.86. The molecule has 1 saturated heterocycles. The molecular weight excluding hydrogens is 492 g/mol. The topological polar surface area (TPSA) is 68.3 Å². The number of fused-ring (bicyclic) bond motifs is 1. The number of esters is 1. The van der Waals surface area contributed by atoms with Crippen molar-refractivity contribution in [2.24, 2.45) is 0 Å². The van der Waals surface area contributed by atoms with Gasteiger partial charge in [0.15, 0.2) is 0 Å². The largest absolute Gasteiger partial charge is 0.497 e. The Hall–Kier alpha value is -3.58. The molecule has 0 bridgehead atoms. The number of hydrogen-bond donors (Lipinski definition) is 0. The fourth-order valence-electron chi connectivity index (χ4n) is 6.46. The van der Waals surface area contributed by atoms with Gasteiger partial charge in [0.2, 0.25) is 5.91 Å². The lowest BCUT2D eigenvalue weighted by atomic mass is 9.55. The van der Waals surface area contributed by atoms with E-state index in [2.05, 4.69) is 23.6 Å². The highest BCUT2D eigenvalue weighted by atomic mass is 16.6. The van der Waals surface area contributed by atoms with E-state index in [1.165, 1.54) is 6.92 Å². The fourth-order valence-corrected chi connectivity index (χ4v) is 6.46. The number of ether oxygens (including phenoxy) is 3. The van der Waals surface area contributed by atoms with Crippen LogP contribution in [0.15, 0.2) is 67.3 Å². The molecule has 0 unspecified atom stereocenters. The number of piperidine rings is 1. The second kappa shape index (κ2) is 12.1. The molecular formula is C32H40N2O5. The first-order valence-corrected chi connectivity index (χ1v) is 13.5. The van der Waals surface area contributed by atoms with Crippen LogP contribution in [0, 0.1) is 0 Å². The second-order valence-electron chi connectivity index (χ2n) is 10.6. The summed E-state index contributed by atoms with van der Waals surface area (Å²) in [5, 5.41) is 0. The summed E-state index contributed by atoms with van der Waals surface area (Å²) in [6.07, 6.45) is 8.19. The maximum absolute atomic E-state index is 13.3. The van der Waals surface area contributed by atoms with Crippen molar-refractivity contribution in [1.29, 1.82) is 0 Å². The average Bonchev–Trinajstić information content (AvgIpc) is 2.95. The van der Waals surface area contributed by atoms with Crippen LogP contribution in [-0.4, -0.2) is 74.2 Å². The maximum Gasteiger partial charge on any atom is 0.303 e. The summed E-state index contributed by atoms with van der Waals surface area (Å²) < 4.78 is 17.2. The minimum Gasteiger partial charge on any atom is -0.497 e. The van der Waals surface area contributed by atoms with Crippen molar-refractivity contribution in [3.63, 3.8) is 0 Å². The van der Waals surface area contributed by atoms with Gasteiger partial charge >= 0.3 is 5.97 Å². The summed E-state index contributed by atoms with van der Waals surface area (Å²) in [6, 6.07) is 15.7. The number of hydrogen-bond acceptors (Lipinski definition) is 6. The second-order valence-corrected chi connectivity index (χ2v) is 10.6. The van der Waals surface area contributed by atoms with E-state index in [9.17, 15) is 9.59 Å². The highest BCUT2D eigenvalue weighted by Crippen LogP contribution is 2.54. The van der Waals surface area contributed by atoms with Crippen LogP contribution in [-0.2, 0) is 19.7 Å². The molecule has 2 aromatic rings. The number of likely N-dealkylation sites (tertiary alicyclic amines) is 1. The predicted molar refractivity (Wildman–Crippen MR) is 153 cm³/mol. The molecule has 0 spiro atoms. The summed E-state index contributed by atoms with van der Waals surface area (Å²) in [4.78, 5) is 30.0. The third-order valence-electron chi connectivity index (χ3n) is 8.43. The minimum absolute atomic E-state index is 0.0201. The van der Waals surface area contributed by atoms with Crippen LogP contribution in [0.3, 0.4) is 0 Å². The number of benzene rings is 2. The molecule has 1 saturated carbocycles. The van der Waals surface area contributed by atoms with Gasteiger partial charge in [0, 0.05) is 44.6 Å². The number of rotatable bonds is 9. The smallest absolute Gasteiger partial charge is 0.303 e. The molecule has 1 amide bonds. The zero-order valence-corrected chi connectivity index (χ0v) is 23.5. The fraction of sp³-hybridized carbons (Fsp3) is 0.438. The highest BCUT2D eigenvalue weighted by molar-refractivity contribution is 5.91. The van der Waals surface area contributed by atoms with Crippen LogP contribution in [0.1, 0.15) is 43.7 Å². The number of carbonyl (C=O) groups is 2. The summed E-state index contributed by atoms with van der Waals surface area (Å²) in [7, 11) is 5.15. The molecule has 2 aliphatic rings. The number of nitrogens with zero attached hydrogens (tertiary/aromatic N) is 2. The van der Waals surface area contributed by atoms with Crippen LogP contribution < -0.4 is 9.47 Å². The molecule has 1 aliphatic carbocycles. The molecule has 1 heterocycles. The molecule has 4 rings (SSSR count). The zero-order chi connectivity index (χ0) is 28.0. The molecule has 208 valence electrons. The van der Waals surface area contributed by atoms with Crippen LogP contribution in [0.4, 0.5) is 0 Å². The Labute approximate surface area is 232 Å². The summed E-state index contributed by atoms with van der Waals surface area (Å²) in [6.45, 7) is 7.60. The minimum atomic E-state index is -0.719. The quantitative estimate of drug-likeness (QED) is 0.261. The first kappa shape index (κ1) is 28.4. The lowest BCUT2D eigenvalue weighted by molar-refractivity contribution is -0.189. The van der Waals surface area contributed by atoms with Gasteiger partial charge in [-0.15, -0.1) is 6.58 Å². The van der Waals surface area contributed by atoms with E-state index in [-0.39, 0.29) is 17.9 Å². The van der Waals surface area contributed by atoms with Crippen molar-refractivity contribution in [2.75, 3.05) is 40.9 Å². The summed E-state index contributed by atoms with van der Waals surface area (Å²) in [5.41, 5.74) is 0.789. The number of methoxy groups -OCH3 is 2. The van der Waals surface area contributed by atoms with E-state index >= 15 is 0 Å². The van der Waals surface area contributed by atoms with Gasteiger partial charge in [-0.2, -0.15) is 0 Å². The molecule has 39 heavy (non-hydrogen) atoms. The number of likely N-dealkylation sites (N-methyl/N-ethyl adjacent to an activating group) is 1. The summed E-state index contributed by atoms with van der Waals surface area (Å²) >= 11 is 0. The first-order chi connectivity index (χ1) is 18.8. The molecule has 2 aromatic carbocycles. The number of carbonyl (C=O) groups excluding carboxylic acids is 2. The first-order valence-electron chi connectivity index (χ1n) is 13.5. The van der Waals surface area contributed by atoms with E-state index < -0.39 is 11.0 Å². The Balaban J connectivity index is 1.68. The van der Waals surface area contributed by atoms with Gasteiger partial charge < -0.3 is 19.1 Å². The molecule has 1 aliphatic heterocycles. The normalized spacial score (nSPS) is 25.0. The van der Waals surface area contributed by atoms with Gasteiger partial charge in [0.05, 0.1) is 14.2 Å². The van der Waals surface area contributed by atoms with Gasteiger partial charge in [-0.3, -0.25) is 14.5 Å². The Morgan fingerprint density at radius 2 is 1.82 bits per heavy atom. The van der Waals surface area contributed by atoms with Gasteiger partial charge in [-0.05, 0) is 73.7 Å². The zero-order valence-electron chi connectivity index (χ0n) is 23.5. The Kier molecular flexibility index (Phi) is 8.80. The van der Waals surface area contributed by atoms with E-state index in [1.54, 1.807) is 20.3 Å². The summed E-state index contributed by atoms with van der Waals surface area (Å²) in [5.74, 6) is 1.16. The Morgan fingerprint density at radius 3 is 2.51 bits per heavy atom. The molecule has 3 atom stereocenters. The lowest BCUT2D eigenvalue weighted by Crippen LogP contribution is -2.68. The maximum atomic E-state index is 13.3. The van der Waals surface area contributed by atoms with Crippen molar-refractivity contribution < 1.29 is 23.8 Å². The molecule has 0 aromatic heterocycles. The van der Waals surface area contributed by atoms with Crippen LogP contribution in [0.5, 0.6) is 11.5 Å². The lowest BCUT2D eigenvalue weighted by Gasteiger charge is -2.60. The number of amides is 1. The van der Waals surface area contributed by atoms with Crippen LogP contribution in [0.2, 0.25) is 0 Å². The molecule has 7 heteroatoms. The van der Waals surface area contributed by atoms with Gasteiger partial charge in [0.1, 0.15) is 17.1 Å². The standard InChI is InChI=1S/C32H40N2O5/c1-6-18-34-19-17-31(26-10-8-12-29(21-26)38-5)22-27(15-16-32(31,23-34)39-24(2)35)33(3)30(36)14-13-25-9-7-11-28(20-25)37-4/h6-14,20-21,27H,1,15-19,22-23H2,2-5H3/t27-,31-,32-/m0/s1. The molecule has 2 fully saturated rings. The third kappa shape index (κ3) is 5.88. The highest BCUT2D eigenvalue weighted by Gasteiger charge is 2.61. The van der Waals surface area contributed by atoms with Crippen molar-refractivity contribution in [3.8, 4) is 11.5 Å². The average molecular weight is 533 g/mol. The van der Waals surface area contributed by atoms with Gasteiger partial charge in [-0.1, -0.05) is 30.3 Å². The Bertz CT molecular complexity index is 1230. The Morgan fingerprint density at radius 1 is 1.10 bits per heavy atom. The van der Waals surface area contributed by atoms with E-state index in [4.69, 9.17) is 14.2 Å².